The number of alkyl carbamates (subject to hydrolysis) is 1. The van der Waals surface area contributed by atoms with Crippen molar-refractivity contribution in [2.24, 2.45) is 0 Å². The summed E-state index contributed by atoms with van der Waals surface area (Å²) in [5.41, 5.74) is 0.248. The van der Waals surface area contributed by atoms with E-state index in [1.807, 2.05) is 36.4 Å². The van der Waals surface area contributed by atoms with Gasteiger partial charge in [0.1, 0.15) is 17.4 Å². The molecule has 1 unspecified atom stereocenters. The molecule has 0 aliphatic rings. The molecule has 28 heavy (non-hydrogen) atoms. The van der Waals surface area contributed by atoms with Crippen molar-refractivity contribution in [1.29, 1.82) is 0 Å². The first-order valence-electron chi connectivity index (χ1n) is 9.34. The molecular weight excluding hydrogens is 358 g/mol. The van der Waals surface area contributed by atoms with Gasteiger partial charge in [0.25, 0.3) is 0 Å². The van der Waals surface area contributed by atoms with Crippen LogP contribution in [0, 0.1) is 0 Å². The van der Waals surface area contributed by atoms with Crippen molar-refractivity contribution < 1.29 is 23.8 Å². The van der Waals surface area contributed by atoms with Crippen LogP contribution in [0.5, 0.6) is 5.75 Å². The average Bonchev–Trinajstić information content (AvgIpc) is 2.58. The Kier molecular flexibility index (Phi) is 6.89. The molecule has 0 aromatic heterocycles. The second-order valence-corrected chi connectivity index (χ2v) is 7.94. The maximum absolute atomic E-state index is 12.5. The molecule has 152 valence electrons. The Labute approximate surface area is 166 Å². The van der Waals surface area contributed by atoms with Crippen LogP contribution in [0.15, 0.2) is 36.4 Å². The number of amides is 1. The molecule has 0 aliphatic heterocycles. The fourth-order valence-corrected chi connectivity index (χ4v) is 2.72. The van der Waals surface area contributed by atoms with Crippen LogP contribution >= 0.6 is 0 Å². The molecule has 0 fully saturated rings. The van der Waals surface area contributed by atoms with Gasteiger partial charge < -0.3 is 19.5 Å². The quantitative estimate of drug-likeness (QED) is 0.751. The lowest BCUT2D eigenvalue weighted by Gasteiger charge is -2.23. The lowest BCUT2D eigenvalue weighted by molar-refractivity contribution is -0.149. The molecule has 6 nitrogen and oxygen atoms in total. The van der Waals surface area contributed by atoms with E-state index in [1.54, 1.807) is 41.7 Å². The van der Waals surface area contributed by atoms with Crippen molar-refractivity contribution in [1.82, 2.24) is 5.32 Å². The number of methoxy groups -OCH3 is 1. The summed E-state index contributed by atoms with van der Waals surface area (Å²) in [5, 5.41) is 4.69. The molecule has 2 rings (SSSR count). The van der Waals surface area contributed by atoms with E-state index in [1.165, 1.54) is 0 Å². The fraction of sp³-hybridized carbons (Fsp3) is 0.455. The topological polar surface area (TPSA) is 73.9 Å². The lowest BCUT2D eigenvalue weighted by atomic mass is 10.0. The molecule has 0 saturated carbocycles. The number of rotatable bonds is 6. The monoisotopic (exact) mass is 387 g/mol. The van der Waals surface area contributed by atoms with Gasteiger partial charge in [0.15, 0.2) is 0 Å². The zero-order valence-corrected chi connectivity index (χ0v) is 17.4. The predicted octanol–water partition coefficient (Wildman–Crippen LogP) is 4.24. The van der Waals surface area contributed by atoms with Gasteiger partial charge in [-0.15, -0.1) is 0 Å². The Bertz CT molecular complexity index is 838. The van der Waals surface area contributed by atoms with Crippen LogP contribution in [0.1, 0.15) is 40.2 Å². The zero-order chi connectivity index (χ0) is 20.9. The normalized spacial score (nSPS) is 12.5. The van der Waals surface area contributed by atoms with Gasteiger partial charge >= 0.3 is 12.1 Å². The van der Waals surface area contributed by atoms with Crippen molar-refractivity contribution in [3.63, 3.8) is 0 Å². The van der Waals surface area contributed by atoms with Crippen LogP contribution < -0.4 is 10.1 Å². The SMILES string of the molecule is COc1ccc2cc(CC(NC(=O)OC(C)(C)C)C(=O)OC(C)C)ccc2c1. The number of carbonyl (C=O) groups is 2. The van der Waals surface area contributed by atoms with Crippen LogP contribution in [0.25, 0.3) is 10.8 Å². The van der Waals surface area contributed by atoms with Crippen LogP contribution in [0.2, 0.25) is 0 Å². The molecule has 0 saturated heterocycles. The summed E-state index contributed by atoms with van der Waals surface area (Å²) in [7, 11) is 1.63. The summed E-state index contributed by atoms with van der Waals surface area (Å²) >= 11 is 0. The first-order valence-corrected chi connectivity index (χ1v) is 9.34. The van der Waals surface area contributed by atoms with Crippen molar-refractivity contribution in [2.45, 2.75) is 58.8 Å². The fourth-order valence-electron chi connectivity index (χ4n) is 2.72. The van der Waals surface area contributed by atoms with Gasteiger partial charge in [-0.05, 0) is 63.1 Å². The van der Waals surface area contributed by atoms with E-state index in [0.717, 1.165) is 22.1 Å². The number of benzene rings is 2. The largest absolute Gasteiger partial charge is 0.497 e. The van der Waals surface area contributed by atoms with E-state index in [0.29, 0.717) is 6.42 Å². The van der Waals surface area contributed by atoms with E-state index in [-0.39, 0.29) is 6.10 Å². The third-order valence-corrected chi connectivity index (χ3v) is 3.88. The summed E-state index contributed by atoms with van der Waals surface area (Å²) in [6.45, 7) is 8.85. The van der Waals surface area contributed by atoms with Gasteiger partial charge in [-0.2, -0.15) is 0 Å². The highest BCUT2D eigenvalue weighted by molar-refractivity contribution is 5.85. The summed E-state index contributed by atoms with van der Waals surface area (Å²) in [5.74, 6) is 0.293. The molecule has 0 heterocycles. The highest BCUT2D eigenvalue weighted by atomic mass is 16.6. The van der Waals surface area contributed by atoms with Crippen LogP contribution in [0.3, 0.4) is 0 Å². The third-order valence-electron chi connectivity index (χ3n) is 3.88. The van der Waals surface area contributed by atoms with E-state index in [9.17, 15) is 9.59 Å². The first-order chi connectivity index (χ1) is 13.1. The average molecular weight is 387 g/mol. The number of esters is 1. The standard InChI is InChI=1S/C22H29NO5/c1-14(2)27-20(24)19(23-21(25)28-22(3,4)5)12-15-7-8-17-13-18(26-6)10-9-16(17)11-15/h7-11,13-14,19H,12H2,1-6H3,(H,23,25). The highest BCUT2D eigenvalue weighted by Gasteiger charge is 2.26. The maximum Gasteiger partial charge on any atom is 0.408 e. The Morgan fingerprint density at radius 1 is 1.04 bits per heavy atom. The smallest absolute Gasteiger partial charge is 0.408 e. The number of ether oxygens (including phenoxy) is 3. The lowest BCUT2D eigenvalue weighted by Crippen LogP contribution is -2.46. The molecule has 0 aliphatic carbocycles. The first kappa shape index (κ1) is 21.5. The maximum atomic E-state index is 12.5. The molecule has 0 spiro atoms. The number of hydrogen-bond donors (Lipinski definition) is 1. The zero-order valence-electron chi connectivity index (χ0n) is 17.4. The Balaban J connectivity index is 2.21. The molecule has 1 amide bonds. The summed E-state index contributed by atoms with van der Waals surface area (Å²) in [4.78, 5) is 24.7. The molecule has 0 radical (unpaired) electrons. The second kappa shape index (κ2) is 8.95. The second-order valence-electron chi connectivity index (χ2n) is 7.94. The number of carbonyl (C=O) groups excluding carboxylic acids is 2. The van der Waals surface area contributed by atoms with E-state index in [2.05, 4.69) is 5.32 Å². The van der Waals surface area contributed by atoms with E-state index < -0.39 is 23.7 Å². The number of nitrogens with one attached hydrogen (secondary N) is 1. The van der Waals surface area contributed by atoms with Crippen LogP contribution in [0.4, 0.5) is 4.79 Å². The molecule has 2 aromatic rings. The third kappa shape index (κ3) is 6.44. The van der Waals surface area contributed by atoms with Gasteiger partial charge in [0, 0.05) is 6.42 Å². The Morgan fingerprint density at radius 3 is 2.29 bits per heavy atom. The minimum absolute atomic E-state index is 0.278. The van der Waals surface area contributed by atoms with Gasteiger partial charge in [-0.25, -0.2) is 9.59 Å². The minimum Gasteiger partial charge on any atom is -0.497 e. The molecule has 1 N–H and O–H groups in total. The van der Waals surface area contributed by atoms with Crippen molar-refractivity contribution in [2.75, 3.05) is 7.11 Å². The highest BCUT2D eigenvalue weighted by Crippen LogP contribution is 2.22. The van der Waals surface area contributed by atoms with Gasteiger partial charge in [0.05, 0.1) is 13.2 Å². The van der Waals surface area contributed by atoms with E-state index >= 15 is 0 Å². The number of hydrogen-bond acceptors (Lipinski definition) is 5. The molecule has 2 aromatic carbocycles. The summed E-state index contributed by atoms with van der Waals surface area (Å²) < 4.78 is 15.8. The number of fused-ring (bicyclic) bond motifs is 1. The van der Waals surface area contributed by atoms with Gasteiger partial charge in [0.2, 0.25) is 0 Å². The minimum atomic E-state index is -0.840. The van der Waals surface area contributed by atoms with Crippen molar-refractivity contribution in [3.8, 4) is 5.75 Å². The summed E-state index contributed by atoms with van der Waals surface area (Å²) in [6.07, 6.45) is -0.629. The molecular formula is C22H29NO5. The summed E-state index contributed by atoms with van der Waals surface area (Å²) in [6, 6.07) is 10.8. The molecule has 0 bridgehead atoms. The molecule has 1 atom stereocenters. The van der Waals surface area contributed by atoms with Crippen LogP contribution in [-0.2, 0) is 20.7 Å². The van der Waals surface area contributed by atoms with Gasteiger partial charge in [-0.1, -0.05) is 24.3 Å². The van der Waals surface area contributed by atoms with E-state index in [4.69, 9.17) is 14.2 Å². The Morgan fingerprint density at radius 2 is 1.68 bits per heavy atom. The molecule has 6 heteroatoms. The van der Waals surface area contributed by atoms with Crippen molar-refractivity contribution >= 4 is 22.8 Å². The predicted molar refractivity (Wildman–Crippen MR) is 109 cm³/mol. The Hall–Kier alpha value is -2.76. The van der Waals surface area contributed by atoms with Crippen molar-refractivity contribution in [3.05, 3.63) is 42.0 Å². The van der Waals surface area contributed by atoms with Gasteiger partial charge in [-0.3, -0.25) is 0 Å². The van der Waals surface area contributed by atoms with Crippen LogP contribution in [-0.4, -0.2) is 36.9 Å².